The first-order valence-electron chi connectivity index (χ1n) is 9.06. The molecule has 0 saturated carbocycles. The molecule has 1 aliphatic rings. The Morgan fingerprint density at radius 2 is 1.61 bits per heavy atom. The number of nitrogens with zero attached hydrogens (tertiary/aromatic N) is 1. The molecule has 1 fully saturated rings. The Hall–Kier alpha value is -3.02. The monoisotopic (exact) mass is 382 g/mol. The summed E-state index contributed by atoms with van der Waals surface area (Å²) in [7, 11) is 0. The average molecular weight is 382 g/mol. The smallest absolute Gasteiger partial charge is 0.319 e. The summed E-state index contributed by atoms with van der Waals surface area (Å²) < 4.78 is 13.0. The zero-order valence-corrected chi connectivity index (χ0v) is 16.4. The number of benzene rings is 2. The summed E-state index contributed by atoms with van der Waals surface area (Å²) in [4.78, 5) is 38.7. The van der Waals surface area contributed by atoms with Crippen molar-refractivity contribution in [3.8, 4) is 0 Å². The number of imide groups is 1. The number of carbonyl (C=O) groups is 3. The van der Waals surface area contributed by atoms with Gasteiger partial charge in [0.15, 0.2) is 5.78 Å². The Balaban J connectivity index is 1.82. The second kappa shape index (κ2) is 6.86. The average Bonchev–Trinajstić information content (AvgIpc) is 2.86. The Kier molecular flexibility index (Phi) is 4.83. The van der Waals surface area contributed by atoms with E-state index in [9.17, 15) is 18.8 Å². The summed E-state index contributed by atoms with van der Waals surface area (Å²) in [6.07, 6.45) is 0. The van der Waals surface area contributed by atoms with Gasteiger partial charge in [-0.15, -0.1) is 0 Å². The number of hydrogen-bond donors (Lipinski definition) is 1. The molecule has 5 nitrogen and oxygen atoms in total. The highest BCUT2D eigenvalue weighted by Crippen LogP contribution is 2.31. The quantitative estimate of drug-likeness (QED) is 0.647. The van der Waals surface area contributed by atoms with Gasteiger partial charge in [0.1, 0.15) is 11.4 Å². The molecule has 1 N–H and O–H groups in total. The van der Waals surface area contributed by atoms with Gasteiger partial charge in [-0.25, -0.2) is 9.18 Å². The van der Waals surface area contributed by atoms with Crippen LogP contribution in [0.15, 0.2) is 48.5 Å². The van der Waals surface area contributed by atoms with Gasteiger partial charge in [0, 0.05) is 5.56 Å². The number of urea groups is 1. The lowest BCUT2D eigenvalue weighted by atomic mass is 9.84. The molecule has 0 spiro atoms. The molecular weight excluding hydrogens is 359 g/mol. The minimum atomic E-state index is -1.24. The predicted molar refractivity (Wildman–Crippen MR) is 103 cm³/mol. The third-order valence-corrected chi connectivity index (χ3v) is 5.07. The first kappa shape index (κ1) is 19.7. The van der Waals surface area contributed by atoms with E-state index in [1.54, 1.807) is 6.92 Å². The SMILES string of the molecule is CC(C)(C)c1ccc(C2(C)NC(=O)N(CC(=O)c3ccc(F)cc3)C2=O)cc1. The van der Waals surface area contributed by atoms with E-state index >= 15 is 0 Å². The van der Waals surface area contributed by atoms with Gasteiger partial charge in [-0.2, -0.15) is 0 Å². The molecule has 1 aliphatic heterocycles. The van der Waals surface area contributed by atoms with Crippen molar-refractivity contribution < 1.29 is 18.8 Å². The van der Waals surface area contributed by atoms with Gasteiger partial charge >= 0.3 is 6.03 Å². The van der Waals surface area contributed by atoms with Crippen LogP contribution in [0.2, 0.25) is 0 Å². The van der Waals surface area contributed by atoms with Crippen LogP contribution < -0.4 is 5.32 Å². The number of nitrogens with one attached hydrogen (secondary N) is 1. The van der Waals surface area contributed by atoms with Crippen molar-refractivity contribution in [1.82, 2.24) is 10.2 Å². The van der Waals surface area contributed by atoms with E-state index in [2.05, 4.69) is 26.1 Å². The number of halogens is 1. The van der Waals surface area contributed by atoms with Crippen molar-refractivity contribution in [2.75, 3.05) is 6.54 Å². The fraction of sp³-hybridized carbons (Fsp3) is 0.318. The number of ketones is 1. The maximum absolute atomic E-state index is 13.0. The van der Waals surface area contributed by atoms with Crippen LogP contribution in [0, 0.1) is 5.82 Å². The molecule has 146 valence electrons. The Labute approximate surface area is 163 Å². The molecule has 1 saturated heterocycles. The maximum atomic E-state index is 13.0. The van der Waals surface area contributed by atoms with E-state index in [1.807, 2.05) is 24.3 Å². The van der Waals surface area contributed by atoms with Crippen molar-refractivity contribution in [2.24, 2.45) is 0 Å². The van der Waals surface area contributed by atoms with Crippen LogP contribution in [0.1, 0.15) is 49.2 Å². The molecule has 1 heterocycles. The van der Waals surface area contributed by atoms with Gasteiger partial charge < -0.3 is 5.32 Å². The van der Waals surface area contributed by atoms with E-state index in [-0.39, 0.29) is 11.0 Å². The molecule has 3 amide bonds. The lowest BCUT2D eigenvalue weighted by Gasteiger charge is -2.24. The fourth-order valence-corrected chi connectivity index (χ4v) is 3.21. The third-order valence-electron chi connectivity index (χ3n) is 5.07. The van der Waals surface area contributed by atoms with E-state index in [4.69, 9.17) is 0 Å². The minimum absolute atomic E-state index is 0.0318. The lowest BCUT2D eigenvalue weighted by molar-refractivity contribution is -0.130. The van der Waals surface area contributed by atoms with E-state index in [0.717, 1.165) is 10.5 Å². The van der Waals surface area contributed by atoms with Crippen molar-refractivity contribution >= 4 is 17.7 Å². The number of Topliss-reactive ketones (excluding diaryl/α,β-unsaturated/α-hetero) is 1. The van der Waals surface area contributed by atoms with E-state index in [0.29, 0.717) is 5.56 Å². The number of rotatable bonds is 4. The summed E-state index contributed by atoms with van der Waals surface area (Å²) in [5, 5.41) is 2.70. The predicted octanol–water partition coefficient (Wildman–Crippen LogP) is 3.77. The van der Waals surface area contributed by atoms with Gasteiger partial charge in [-0.3, -0.25) is 14.5 Å². The van der Waals surface area contributed by atoms with Crippen LogP contribution >= 0.6 is 0 Å². The number of amides is 3. The fourth-order valence-electron chi connectivity index (χ4n) is 3.21. The van der Waals surface area contributed by atoms with Crippen molar-refractivity contribution in [3.63, 3.8) is 0 Å². The molecule has 0 bridgehead atoms. The first-order valence-corrected chi connectivity index (χ1v) is 9.06. The van der Waals surface area contributed by atoms with Crippen LogP contribution in [-0.2, 0) is 15.7 Å². The lowest BCUT2D eigenvalue weighted by Crippen LogP contribution is -2.41. The minimum Gasteiger partial charge on any atom is -0.319 e. The topological polar surface area (TPSA) is 66.5 Å². The summed E-state index contributed by atoms with van der Waals surface area (Å²) >= 11 is 0. The van der Waals surface area contributed by atoms with Gasteiger partial charge in [-0.1, -0.05) is 45.0 Å². The van der Waals surface area contributed by atoms with Crippen LogP contribution in [0.4, 0.5) is 9.18 Å². The number of hydrogen-bond acceptors (Lipinski definition) is 3. The Bertz CT molecular complexity index is 930. The van der Waals surface area contributed by atoms with Gasteiger partial charge in [0.05, 0.1) is 6.54 Å². The molecule has 6 heteroatoms. The molecule has 2 aromatic carbocycles. The normalized spacial score (nSPS) is 19.7. The summed E-state index contributed by atoms with van der Waals surface area (Å²) in [5.41, 5.74) is 0.729. The van der Waals surface area contributed by atoms with Gasteiger partial charge in [0.25, 0.3) is 5.91 Å². The molecule has 1 unspecified atom stereocenters. The maximum Gasteiger partial charge on any atom is 0.325 e. The molecule has 2 aromatic rings. The van der Waals surface area contributed by atoms with E-state index < -0.39 is 35.6 Å². The Morgan fingerprint density at radius 3 is 2.14 bits per heavy atom. The first-order chi connectivity index (χ1) is 13.0. The highest BCUT2D eigenvalue weighted by atomic mass is 19.1. The largest absolute Gasteiger partial charge is 0.325 e. The van der Waals surface area contributed by atoms with Crippen molar-refractivity contribution in [2.45, 2.75) is 38.6 Å². The van der Waals surface area contributed by atoms with Crippen molar-refractivity contribution in [1.29, 1.82) is 0 Å². The molecule has 28 heavy (non-hydrogen) atoms. The second-order valence-electron chi connectivity index (χ2n) is 8.20. The molecule has 0 aromatic heterocycles. The van der Waals surface area contributed by atoms with Crippen LogP contribution in [0.25, 0.3) is 0 Å². The highest BCUT2D eigenvalue weighted by Gasteiger charge is 2.49. The summed E-state index contributed by atoms with van der Waals surface area (Å²) in [6.45, 7) is 7.51. The highest BCUT2D eigenvalue weighted by molar-refractivity contribution is 6.11. The zero-order valence-electron chi connectivity index (χ0n) is 16.4. The van der Waals surface area contributed by atoms with Gasteiger partial charge in [-0.05, 0) is 47.7 Å². The number of carbonyl (C=O) groups excluding carboxylic acids is 3. The van der Waals surface area contributed by atoms with Gasteiger partial charge in [0.2, 0.25) is 0 Å². The summed E-state index contributed by atoms with van der Waals surface area (Å²) in [5.74, 6) is -1.38. The van der Waals surface area contributed by atoms with E-state index in [1.165, 1.54) is 24.3 Å². The van der Waals surface area contributed by atoms with Crippen LogP contribution in [0.3, 0.4) is 0 Å². The van der Waals surface area contributed by atoms with Crippen LogP contribution in [-0.4, -0.2) is 29.2 Å². The molecule has 1 atom stereocenters. The summed E-state index contributed by atoms with van der Waals surface area (Å²) in [6, 6.07) is 11.9. The van der Waals surface area contributed by atoms with Crippen molar-refractivity contribution in [3.05, 3.63) is 71.0 Å². The standard InChI is InChI=1S/C22H23FN2O3/c1-21(2,3)15-7-9-16(10-8-15)22(4)19(27)25(20(28)24-22)13-18(26)14-5-11-17(23)12-6-14/h5-12H,13H2,1-4H3,(H,24,28). The molecule has 3 rings (SSSR count). The molecule has 0 aliphatic carbocycles. The Morgan fingerprint density at radius 1 is 1.04 bits per heavy atom. The third kappa shape index (κ3) is 3.54. The second-order valence-corrected chi connectivity index (χ2v) is 8.20. The molecular formula is C22H23FN2O3. The van der Waals surface area contributed by atoms with Crippen LogP contribution in [0.5, 0.6) is 0 Å². The molecule has 0 radical (unpaired) electrons. The zero-order chi connectivity index (χ0) is 20.7.